The smallest absolute Gasteiger partial charge is 0.341 e. The van der Waals surface area contributed by atoms with E-state index in [-0.39, 0.29) is 17.1 Å². The molecular formula is C25H28N2O5. The summed E-state index contributed by atoms with van der Waals surface area (Å²) in [4.78, 5) is 24.4. The molecule has 0 bridgehead atoms. The van der Waals surface area contributed by atoms with Gasteiger partial charge < -0.3 is 14.6 Å². The van der Waals surface area contributed by atoms with Crippen molar-refractivity contribution in [1.82, 2.24) is 4.68 Å². The van der Waals surface area contributed by atoms with E-state index < -0.39 is 11.4 Å². The summed E-state index contributed by atoms with van der Waals surface area (Å²) in [7, 11) is 0. The van der Waals surface area contributed by atoms with Crippen LogP contribution in [-0.2, 0) is 6.42 Å². The van der Waals surface area contributed by atoms with Crippen molar-refractivity contribution in [3.05, 3.63) is 45.2 Å². The third kappa shape index (κ3) is 2.86. The van der Waals surface area contributed by atoms with Gasteiger partial charge in [0.1, 0.15) is 5.56 Å². The minimum atomic E-state index is -1.20. The van der Waals surface area contributed by atoms with E-state index in [2.05, 4.69) is 24.9 Å². The number of rotatable bonds is 5. The minimum Gasteiger partial charge on any atom is -0.490 e. The third-order valence-corrected chi connectivity index (χ3v) is 7.51. The van der Waals surface area contributed by atoms with Crippen molar-refractivity contribution in [3.8, 4) is 22.8 Å². The van der Waals surface area contributed by atoms with Crippen LogP contribution in [0.5, 0.6) is 11.5 Å². The van der Waals surface area contributed by atoms with Crippen LogP contribution in [0.2, 0.25) is 0 Å². The molecule has 168 valence electrons. The highest BCUT2D eigenvalue weighted by atomic mass is 16.5. The molecule has 4 heterocycles. The van der Waals surface area contributed by atoms with Gasteiger partial charge in [0.05, 0.1) is 30.5 Å². The zero-order chi connectivity index (χ0) is 22.2. The number of fused-ring (bicyclic) bond motifs is 8. The first-order chi connectivity index (χ1) is 15.3. The molecular weight excluding hydrogens is 408 g/mol. The molecule has 6 rings (SSSR count). The van der Waals surface area contributed by atoms with Crippen molar-refractivity contribution in [2.45, 2.75) is 64.0 Å². The Morgan fingerprint density at radius 3 is 2.84 bits per heavy atom. The molecule has 7 nitrogen and oxygen atoms in total. The monoisotopic (exact) mass is 436 g/mol. The molecule has 1 aromatic carbocycles. The van der Waals surface area contributed by atoms with E-state index in [0.717, 1.165) is 65.5 Å². The zero-order valence-corrected chi connectivity index (χ0v) is 18.5. The number of carboxylic acids is 1. The second-order valence-corrected chi connectivity index (χ2v) is 10.1. The SMILES string of the molecule is CC1(C)CC[C@@H]2c3cc(OCCC4CC4)c4c(c3-c3cc(=O)c(C(=O)O)cn3N21)CCO4. The molecule has 1 saturated heterocycles. The zero-order valence-electron chi connectivity index (χ0n) is 18.5. The molecule has 1 aromatic heterocycles. The van der Waals surface area contributed by atoms with Gasteiger partial charge >= 0.3 is 5.97 Å². The van der Waals surface area contributed by atoms with Gasteiger partial charge in [-0.05, 0) is 50.7 Å². The predicted octanol–water partition coefficient (Wildman–Crippen LogP) is 3.89. The Morgan fingerprint density at radius 2 is 2.09 bits per heavy atom. The molecule has 0 spiro atoms. The van der Waals surface area contributed by atoms with Gasteiger partial charge in [0, 0.05) is 29.8 Å². The van der Waals surface area contributed by atoms with E-state index in [1.165, 1.54) is 25.1 Å². The predicted molar refractivity (Wildman–Crippen MR) is 119 cm³/mol. The van der Waals surface area contributed by atoms with Gasteiger partial charge in [-0.25, -0.2) is 4.79 Å². The van der Waals surface area contributed by atoms with E-state index in [1.54, 1.807) is 0 Å². The third-order valence-electron chi connectivity index (χ3n) is 7.51. The van der Waals surface area contributed by atoms with Crippen molar-refractivity contribution in [3.63, 3.8) is 0 Å². The van der Waals surface area contributed by atoms with E-state index in [9.17, 15) is 14.7 Å². The first-order valence-electron chi connectivity index (χ1n) is 11.6. The summed E-state index contributed by atoms with van der Waals surface area (Å²) < 4.78 is 14.2. The van der Waals surface area contributed by atoms with Gasteiger partial charge in [-0.3, -0.25) is 14.5 Å². The highest BCUT2D eigenvalue weighted by molar-refractivity contribution is 5.88. The maximum absolute atomic E-state index is 12.7. The number of ether oxygens (including phenoxy) is 2. The van der Waals surface area contributed by atoms with E-state index in [1.807, 2.05) is 4.68 Å². The fourth-order valence-corrected chi connectivity index (χ4v) is 5.71. The topological polar surface area (TPSA) is 81.0 Å². The average Bonchev–Trinajstić information content (AvgIpc) is 3.32. The lowest BCUT2D eigenvalue weighted by atomic mass is 9.89. The summed E-state index contributed by atoms with van der Waals surface area (Å²) in [6.45, 7) is 5.62. The number of aromatic carboxylic acids is 1. The van der Waals surface area contributed by atoms with Crippen LogP contribution in [0.3, 0.4) is 0 Å². The fraction of sp³-hybridized carbons (Fsp3) is 0.520. The summed E-state index contributed by atoms with van der Waals surface area (Å²) >= 11 is 0. The van der Waals surface area contributed by atoms with Gasteiger partial charge in [-0.2, -0.15) is 0 Å². The van der Waals surface area contributed by atoms with Gasteiger partial charge in [-0.15, -0.1) is 0 Å². The molecule has 7 heteroatoms. The summed E-state index contributed by atoms with van der Waals surface area (Å²) in [6, 6.07) is 3.69. The van der Waals surface area contributed by atoms with Crippen LogP contribution in [-0.4, -0.2) is 34.5 Å². The van der Waals surface area contributed by atoms with Crippen molar-refractivity contribution in [1.29, 1.82) is 0 Å². The lowest BCUT2D eigenvalue weighted by Gasteiger charge is -2.45. The average molecular weight is 437 g/mol. The molecule has 2 fully saturated rings. The number of carboxylic acid groups (broad SMARTS) is 1. The first kappa shape index (κ1) is 19.7. The molecule has 32 heavy (non-hydrogen) atoms. The highest BCUT2D eigenvalue weighted by Crippen LogP contribution is 2.53. The Kier molecular flexibility index (Phi) is 4.17. The number of hydrogen-bond donors (Lipinski definition) is 1. The van der Waals surface area contributed by atoms with Crippen LogP contribution in [0.25, 0.3) is 11.3 Å². The number of carbonyl (C=O) groups is 1. The molecule has 1 saturated carbocycles. The van der Waals surface area contributed by atoms with Crippen LogP contribution in [0.15, 0.2) is 23.1 Å². The maximum Gasteiger partial charge on any atom is 0.341 e. The van der Waals surface area contributed by atoms with Gasteiger partial charge in [0.15, 0.2) is 16.9 Å². The van der Waals surface area contributed by atoms with E-state index in [4.69, 9.17) is 9.47 Å². The summed E-state index contributed by atoms with van der Waals surface area (Å²) in [5, 5.41) is 11.8. The molecule has 1 N–H and O–H groups in total. The lowest BCUT2D eigenvalue weighted by molar-refractivity contribution is 0.0694. The Morgan fingerprint density at radius 1 is 1.28 bits per heavy atom. The largest absolute Gasteiger partial charge is 0.490 e. The van der Waals surface area contributed by atoms with Crippen molar-refractivity contribution in [2.24, 2.45) is 5.92 Å². The van der Waals surface area contributed by atoms with Gasteiger partial charge in [0.25, 0.3) is 0 Å². The Balaban J connectivity index is 1.55. The van der Waals surface area contributed by atoms with Crippen LogP contribution < -0.4 is 19.9 Å². The molecule has 1 atom stereocenters. The minimum absolute atomic E-state index is 0.0910. The normalized spacial score (nSPS) is 21.9. The Labute approximate surface area is 186 Å². The van der Waals surface area contributed by atoms with Crippen LogP contribution in [0.1, 0.15) is 73.5 Å². The van der Waals surface area contributed by atoms with Crippen molar-refractivity contribution >= 4 is 5.97 Å². The Bertz CT molecular complexity index is 1190. The fourth-order valence-electron chi connectivity index (χ4n) is 5.71. The number of hydrogen-bond acceptors (Lipinski definition) is 5. The van der Waals surface area contributed by atoms with Crippen LogP contribution in [0, 0.1) is 5.92 Å². The van der Waals surface area contributed by atoms with E-state index in [0.29, 0.717) is 13.2 Å². The van der Waals surface area contributed by atoms with E-state index >= 15 is 0 Å². The van der Waals surface area contributed by atoms with Gasteiger partial charge in [0.2, 0.25) is 0 Å². The molecule has 1 aliphatic carbocycles. The number of pyridine rings is 1. The molecule has 0 amide bonds. The Hall–Kier alpha value is -2.96. The molecule has 4 aliphatic rings. The summed E-state index contributed by atoms with van der Waals surface area (Å²) in [6.07, 6.45) is 7.86. The lowest BCUT2D eigenvalue weighted by Crippen LogP contribution is -2.50. The number of nitrogens with zero attached hydrogens (tertiary/aromatic N) is 2. The van der Waals surface area contributed by atoms with Crippen LogP contribution >= 0.6 is 0 Å². The number of benzene rings is 1. The van der Waals surface area contributed by atoms with Crippen molar-refractivity contribution < 1.29 is 19.4 Å². The molecule has 3 aliphatic heterocycles. The summed E-state index contributed by atoms with van der Waals surface area (Å²) in [5.74, 6) is 1.19. The standard InChI is InChI=1S/C25H28N2O5/c1-25(2)8-5-18-16-11-21(31-9-6-14-3-4-14)23-15(7-10-32-23)22(16)19-12-20(28)17(24(29)30)13-26(19)27(18)25/h11-14,18H,3-10H2,1-2H3,(H,29,30)/t18-/m1/s1. The molecule has 0 unspecified atom stereocenters. The summed E-state index contributed by atoms with van der Waals surface area (Å²) in [5.41, 5.74) is 3.14. The molecule has 0 radical (unpaired) electrons. The second kappa shape index (κ2) is 6.77. The van der Waals surface area contributed by atoms with Crippen LogP contribution in [0.4, 0.5) is 0 Å². The highest BCUT2D eigenvalue weighted by Gasteiger charge is 2.46. The quantitative estimate of drug-likeness (QED) is 0.766. The first-order valence-corrected chi connectivity index (χ1v) is 11.6. The van der Waals surface area contributed by atoms with Gasteiger partial charge in [-0.1, -0.05) is 12.8 Å². The maximum atomic E-state index is 12.7. The molecule has 2 aromatic rings. The second-order valence-electron chi connectivity index (χ2n) is 10.1. The van der Waals surface area contributed by atoms with Crippen molar-refractivity contribution in [2.75, 3.05) is 18.2 Å². The number of aromatic nitrogens is 1.